The van der Waals surface area contributed by atoms with Crippen LogP contribution in [0.1, 0.15) is 27.7 Å². The Balaban J connectivity index is 0.000000371. The second-order valence-electron chi connectivity index (χ2n) is 2.28. The van der Waals surface area contributed by atoms with E-state index >= 15 is 0 Å². The fraction of sp³-hybridized carbons (Fsp3) is 0.667. The number of hydrogen-bond acceptors (Lipinski definition) is 1. The lowest BCUT2D eigenvalue weighted by atomic mass is 10.1. The van der Waals surface area contributed by atoms with E-state index in [1.165, 1.54) is 0 Å². The first-order valence-electron chi connectivity index (χ1n) is 4.00. The van der Waals surface area contributed by atoms with Crippen molar-refractivity contribution >= 4 is 6.21 Å². The minimum atomic E-state index is 0.409. The lowest BCUT2D eigenvalue weighted by molar-refractivity contribution is 0.859. The fourth-order valence-corrected chi connectivity index (χ4v) is 0.707. The van der Waals surface area contributed by atoms with E-state index in [1.54, 1.807) is 0 Å². The summed E-state index contributed by atoms with van der Waals surface area (Å²) in [4.78, 5) is 4.20. The van der Waals surface area contributed by atoms with Gasteiger partial charge in [-0.15, -0.1) is 0 Å². The van der Waals surface area contributed by atoms with Gasteiger partial charge in [-0.2, -0.15) is 0 Å². The SMILES string of the molecule is CC.CC1C=CC(C)N=C1. The summed E-state index contributed by atoms with van der Waals surface area (Å²) in [5.74, 6) is 0.547. The summed E-state index contributed by atoms with van der Waals surface area (Å²) >= 11 is 0. The molecule has 1 aliphatic rings. The highest BCUT2D eigenvalue weighted by molar-refractivity contribution is 5.64. The number of rotatable bonds is 0. The van der Waals surface area contributed by atoms with Crippen LogP contribution in [0.3, 0.4) is 0 Å². The second-order valence-corrected chi connectivity index (χ2v) is 2.28. The molecule has 0 aromatic rings. The van der Waals surface area contributed by atoms with E-state index in [9.17, 15) is 0 Å². The van der Waals surface area contributed by atoms with Gasteiger partial charge in [0.05, 0.1) is 6.04 Å². The molecule has 0 N–H and O–H groups in total. The molecule has 0 amide bonds. The summed E-state index contributed by atoms with van der Waals surface area (Å²) in [6.07, 6.45) is 6.30. The van der Waals surface area contributed by atoms with Crippen LogP contribution in [0.25, 0.3) is 0 Å². The Morgan fingerprint density at radius 2 is 1.70 bits per heavy atom. The maximum atomic E-state index is 4.20. The van der Waals surface area contributed by atoms with E-state index in [0.29, 0.717) is 12.0 Å². The van der Waals surface area contributed by atoms with Gasteiger partial charge in [-0.3, -0.25) is 4.99 Å². The zero-order chi connectivity index (χ0) is 7.98. The summed E-state index contributed by atoms with van der Waals surface area (Å²) in [5, 5.41) is 0. The zero-order valence-electron chi connectivity index (χ0n) is 7.33. The first-order chi connectivity index (χ1) is 4.79. The van der Waals surface area contributed by atoms with Gasteiger partial charge in [-0.1, -0.05) is 32.9 Å². The average Bonchev–Trinajstić information content (AvgIpc) is 2.00. The third-order valence-corrected chi connectivity index (χ3v) is 1.25. The summed E-state index contributed by atoms with van der Waals surface area (Å²) < 4.78 is 0. The third-order valence-electron chi connectivity index (χ3n) is 1.25. The van der Waals surface area contributed by atoms with Crippen molar-refractivity contribution in [1.29, 1.82) is 0 Å². The number of aliphatic imine (C=N–C) groups is 1. The maximum Gasteiger partial charge on any atom is 0.0648 e. The van der Waals surface area contributed by atoms with Crippen LogP contribution in [0.5, 0.6) is 0 Å². The van der Waals surface area contributed by atoms with Crippen LogP contribution in [0, 0.1) is 5.92 Å². The number of hydrogen-bond donors (Lipinski definition) is 0. The molecule has 0 aromatic heterocycles. The molecule has 0 aliphatic carbocycles. The normalized spacial score (nSPS) is 29.2. The molecule has 1 heteroatoms. The van der Waals surface area contributed by atoms with Gasteiger partial charge in [-0.25, -0.2) is 0 Å². The Morgan fingerprint density at radius 3 is 2.00 bits per heavy atom. The molecule has 10 heavy (non-hydrogen) atoms. The van der Waals surface area contributed by atoms with Crippen LogP contribution in [-0.2, 0) is 0 Å². The van der Waals surface area contributed by atoms with E-state index in [-0.39, 0.29) is 0 Å². The topological polar surface area (TPSA) is 12.4 Å². The van der Waals surface area contributed by atoms with Gasteiger partial charge in [0.2, 0.25) is 0 Å². The van der Waals surface area contributed by atoms with E-state index in [4.69, 9.17) is 0 Å². The van der Waals surface area contributed by atoms with E-state index < -0.39 is 0 Å². The summed E-state index contributed by atoms with van der Waals surface area (Å²) in [6.45, 7) is 8.21. The quantitative estimate of drug-likeness (QED) is 0.457. The first kappa shape index (κ1) is 9.41. The zero-order valence-corrected chi connectivity index (χ0v) is 7.33. The Kier molecular flexibility index (Phi) is 4.91. The standard InChI is InChI=1S/C7H11N.C2H6/c1-6-3-4-7(2)8-5-6;1-2/h3-7H,1-2H3;1-2H3. The van der Waals surface area contributed by atoms with Crippen molar-refractivity contribution in [3.8, 4) is 0 Å². The smallest absolute Gasteiger partial charge is 0.0648 e. The molecule has 0 radical (unpaired) electrons. The predicted molar refractivity (Wildman–Crippen MR) is 47.6 cm³/mol. The van der Waals surface area contributed by atoms with Crippen LogP contribution in [-0.4, -0.2) is 12.3 Å². The van der Waals surface area contributed by atoms with Crippen LogP contribution >= 0.6 is 0 Å². The van der Waals surface area contributed by atoms with Gasteiger partial charge in [0.1, 0.15) is 0 Å². The van der Waals surface area contributed by atoms with Gasteiger partial charge in [0.15, 0.2) is 0 Å². The molecule has 1 rings (SSSR count). The molecule has 0 fully saturated rings. The summed E-state index contributed by atoms with van der Waals surface area (Å²) in [6, 6.07) is 0.409. The second kappa shape index (κ2) is 5.21. The first-order valence-corrected chi connectivity index (χ1v) is 4.00. The Morgan fingerprint density at radius 1 is 1.10 bits per heavy atom. The highest BCUT2D eigenvalue weighted by atomic mass is 14.8. The molecular formula is C9H17N. The number of nitrogens with zero attached hydrogens (tertiary/aromatic N) is 1. The lowest BCUT2D eigenvalue weighted by Gasteiger charge is -2.06. The van der Waals surface area contributed by atoms with E-state index in [2.05, 4.69) is 31.0 Å². The minimum absolute atomic E-state index is 0.409. The molecule has 0 spiro atoms. The van der Waals surface area contributed by atoms with Crippen LogP contribution in [0.2, 0.25) is 0 Å². The molecule has 1 aliphatic heterocycles. The fourth-order valence-electron chi connectivity index (χ4n) is 0.707. The van der Waals surface area contributed by atoms with Crippen LogP contribution < -0.4 is 0 Å². The molecule has 58 valence electrons. The molecular weight excluding hydrogens is 122 g/mol. The van der Waals surface area contributed by atoms with Gasteiger partial charge in [0.25, 0.3) is 0 Å². The number of allylic oxidation sites excluding steroid dienone is 1. The molecule has 0 saturated heterocycles. The van der Waals surface area contributed by atoms with Crippen molar-refractivity contribution in [1.82, 2.24) is 0 Å². The van der Waals surface area contributed by atoms with Gasteiger partial charge < -0.3 is 0 Å². The van der Waals surface area contributed by atoms with Crippen molar-refractivity contribution in [2.75, 3.05) is 0 Å². The molecule has 1 heterocycles. The third kappa shape index (κ3) is 3.44. The number of dihydropyridines is 1. The Hall–Kier alpha value is -0.590. The van der Waals surface area contributed by atoms with Crippen LogP contribution in [0.15, 0.2) is 17.1 Å². The molecule has 0 aromatic carbocycles. The molecule has 1 nitrogen and oxygen atoms in total. The van der Waals surface area contributed by atoms with Gasteiger partial charge >= 0.3 is 0 Å². The molecule has 2 atom stereocenters. The monoisotopic (exact) mass is 139 g/mol. The van der Waals surface area contributed by atoms with Crippen LogP contribution in [0.4, 0.5) is 0 Å². The van der Waals surface area contributed by atoms with Crippen molar-refractivity contribution in [2.45, 2.75) is 33.7 Å². The van der Waals surface area contributed by atoms with Gasteiger partial charge in [-0.05, 0) is 6.92 Å². The summed E-state index contributed by atoms with van der Waals surface area (Å²) in [7, 11) is 0. The van der Waals surface area contributed by atoms with Crippen molar-refractivity contribution < 1.29 is 0 Å². The Labute approximate surface area is 63.9 Å². The molecule has 2 unspecified atom stereocenters. The van der Waals surface area contributed by atoms with E-state index in [1.807, 2.05) is 20.1 Å². The Bertz CT molecular complexity index is 96.7. The van der Waals surface area contributed by atoms with Crippen molar-refractivity contribution in [2.24, 2.45) is 10.9 Å². The largest absolute Gasteiger partial charge is 0.290 e. The minimum Gasteiger partial charge on any atom is -0.290 e. The highest BCUT2D eigenvalue weighted by Crippen LogP contribution is 2.03. The molecule has 0 saturated carbocycles. The van der Waals surface area contributed by atoms with Gasteiger partial charge in [0, 0.05) is 12.1 Å². The van der Waals surface area contributed by atoms with Crippen molar-refractivity contribution in [3.05, 3.63) is 12.2 Å². The lowest BCUT2D eigenvalue weighted by Crippen LogP contribution is -2.03. The summed E-state index contributed by atoms with van der Waals surface area (Å²) in [5.41, 5.74) is 0. The average molecular weight is 139 g/mol. The predicted octanol–water partition coefficient (Wildman–Crippen LogP) is 2.68. The molecule has 0 bridgehead atoms. The highest BCUT2D eigenvalue weighted by Gasteiger charge is 1.99. The van der Waals surface area contributed by atoms with Crippen molar-refractivity contribution in [3.63, 3.8) is 0 Å². The maximum absolute atomic E-state index is 4.20. The van der Waals surface area contributed by atoms with E-state index in [0.717, 1.165) is 0 Å².